The summed E-state index contributed by atoms with van der Waals surface area (Å²) in [6.45, 7) is 1.49. The summed E-state index contributed by atoms with van der Waals surface area (Å²) in [7, 11) is 0. The number of nitrogens with one attached hydrogen (secondary N) is 1. The van der Waals surface area contributed by atoms with E-state index in [0.717, 1.165) is 0 Å². The molecule has 0 radical (unpaired) electrons. The summed E-state index contributed by atoms with van der Waals surface area (Å²) in [6, 6.07) is 13.6. The SMILES string of the molecule is CC(=O)N(CCC(=O)Nc1ccccc1C#N)c1c(Cl)cccc1Cl. The average molecular weight is 376 g/mol. The maximum atomic E-state index is 12.2. The second-order valence-electron chi connectivity index (χ2n) is 5.20. The molecule has 2 aromatic carbocycles. The Balaban J connectivity index is 2.11. The predicted molar refractivity (Wildman–Crippen MR) is 98.9 cm³/mol. The zero-order valence-electron chi connectivity index (χ0n) is 13.4. The van der Waals surface area contributed by atoms with Crippen LogP contribution in [-0.2, 0) is 9.59 Å². The molecule has 0 atom stereocenters. The first-order valence-corrected chi connectivity index (χ1v) is 8.20. The molecule has 0 fully saturated rings. The Morgan fingerprint density at radius 3 is 2.36 bits per heavy atom. The van der Waals surface area contributed by atoms with Gasteiger partial charge in [0, 0.05) is 19.9 Å². The zero-order chi connectivity index (χ0) is 18.4. The van der Waals surface area contributed by atoms with E-state index in [4.69, 9.17) is 28.5 Å². The van der Waals surface area contributed by atoms with Crippen molar-refractivity contribution in [2.45, 2.75) is 13.3 Å². The van der Waals surface area contributed by atoms with Gasteiger partial charge < -0.3 is 10.2 Å². The fourth-order valence-electron chi connectivity index (χ4n) is 2.29. The lowest BCUT2D eigenvalue weighted by Gasteiger charge is -2.23. The van der Waals surface area contributed by atoms with Gasteiger partial charge in [-0.2, -0.15) is 5.26 Å². The van der Waals surface area contributed by atoms with Crippen LogP contribution in [0.25, 0.3) is 0 Å². The van der Waals surface area contributed by atoms with Gasteiger partial charge in [-0.1, -0.05) is 41.4 Å². The van der Waals surface area contributed by atoms with E-state index in [1.807, 2.05) is 6.07 Å². The highest BCUT2D eigenvalue weighted by molar-refractivity contribution is 6.39. The summed E-state index contributed by atoms with van der Waals surface area (Å²) in [5, 5.41) is 12.4. The molecule has 2 aromatic rings. The highest BCUT2D eigenvalue weighted by atomic mass is 35.5. The number of halogens is 2. The number of amides is 2. The minimum Gasteiger partial charge on any atom is -0.325 e. The monoisotopic (exact) mass is 375 g/mol. The molecule has 0 bridgehead atoms. The number of benzene rings is 2. The van der Waals surface area contributed by atoms with Crippen molar-refractivity contribution in [2.75, 3.05) is 16.8 Å². The molecule has 0 saturated heterocycles. The first-order valence-electron chi connectivity index (χ1n) is 7.45. The summed E-state index contributed by atoms with van der Waals surface area (Å²) in [5.41, 5.74) is 1.18. The number of hydrogen-bond acceptors (Lipinski definition) is 3. The van der Waals surface area contributed by atoms with Crippen molar-refractivity contribution >= 4 is 46.4 Å². The van der Waals surface area contributed by atoms with Gasteiger partial charge >= 0.3 is 0 Å². The maximum absolute atomic E-state index is 12.2. The molecule has 0 aliphatic rings. The van der Waals surface area contributed by atoms with Crippen molar-refractivity contribution in [3.05, 3.63) is 58.1 Å². The number of para-hydroxylation sites is 2. The first-order chi connectivity index (χ1) is 11.9. The van der Waals surface area contributed by atoms with Crippen molar-refractivity contribution in [1.29, 1.82) is 5.26 Å². The molecule has 0 aromatic heterocycles. The Hall–Kier alpha value is -2.55. The lowest BCUT2D eigenvalue weighted by atomic mass is 10.2. The van der Waals surface area contributed by atoms with Crippen LogP contribution in [0.3, 0.4) is 0 Å². The number of nitriles is 1. The fourth-order valence-corrected chi connectivity index (χ4v) is 2.89. The topological polar surface area (TPSA) is 73.2 Å². The van der Waals surface area contributed by atoms with Gasteiger partial charge in [0.15, 0.2) is 0 Å². The summed E-state index contributed by atoms with van der Waals surface area (Å²) >= 11 is 12.3. The summed E-state index contributed by atoms with van der Waals surface area (Å²) < 4.78 is 0. The molecule has 0 heterocycles. The molecule has 128 valence electrons. The van der Waals surface area contributed by atoms with Crippen LogP contribution in [0, 0.1) is 11.3 Å². The van der Waals surface area contributed by atoms with Gasteiger partial charge in [0.05, 0.1) is 27.0 Å². The van der Waals surface area contributed by atoms with Crippen LogP contribution in [0.1, 0.15) is 18.9 Å². The van der Waals surface area contributed by atoms with E-state index in [1.54, 1.807) is 42.5 Å². The largest absolute Gasteiger partial charge is 0.325 e. The van der Waals surface area contributed by atoms with Crippen molar-refractivity contribution in [3.63, 3.8) is 0 Å². The number of rotatable bonds is 5. The predicted octanol–water partition coefficient (Wildman–Crippen LogP) is 4.25. The molecule has 0 spiro atoms. The van der Waals surface area contributed by atoms with Crippen LogP contribution in [0.4, 0.5) is 11.4 Å². The molecular weight excluding hydrogens is 361 g/mol. The Kier molecular flexibility index (Phi) is 6.40. The van der Waals surface area contributed by atoms with E-state index in [-0.39, 0.29) is 24.8 Å². The molecule has 0 unspecified atom stereocenters. The summed E-state index contributed by atoms with van der Waals surface area (Å²) in [4.78, 5) is 25.5. The molecule has 25 heavy (non-hydrogen) atoms. The van der Waals surface area contributed by atoms with Gasteiger partial charge in [-0.05, 0) is 24.3 Å². The van der Waals surface area contributed by atoms with Crippen molar-refractivity contribution < 1.29 is 9.59 Å². The third-order valence-corrected chi connectivity index (χ3v) is 4.08. The average Bonchev–Trinajstić information content (AvgIpc) is 2.57. The van der Waals surface area contributed by atoms with Crippen molar-refractivity contribution in [1.82, 2.24) is 0 Å². The normalized spacial score (nSPS) is 10.0. The Bertz CT molecular complexity index is 826. The maximum Gasteiger partial charge on any atom is 0.226 e. The molecule has 0 saturated carbocycles. The zero-order valence-corrected chi connectivity index (χ0v) is 14.9. The Morgan fingerprint density at radius 2 is 1.76 bits per heavy atom. The Morgan fingerprint density at radius 1 is 1.12 bits per heavy atom. The van der Waals surface area contributed by atoms with Crippen LogP contribution in [0.2, 0.25) is 10.0 Å². The fraction of sp³-hybridized carbons (Fsp3) is 0.167. The van der Waals surface area contributed by atoms with Gasteiger partial charge in [0.2, 0.25) is 11.8 Å². The lowest BCUT2D eigenvalue weighted by Crippen LogP contribution is -2.32. The summed E-state index contributed by atoms with van der Waals surface area (Å²) in [5.74, 6) is -0.600. The molecule has 2 rings (SSSR count). The lowest BCUT2D eigenvalue weighted by molar-refractivity contribution is -0.117. The highest BCUT2D eigenvalue weighted by Crippen LogP contribution is 2.33. The number of anilines is 2. The number of carbonyl (C=O) groups excluding carboxylic acids is 2. The van der Waals surface area contributed by atoms with Crippen molar-refractivity contribution in [3.8, 4) is 6.07 Å². The van der Waals surface area contributed by atoms with E-state index in [2.05, 4.69) is 5.32 Å². The van der Waals surface area contributed by atoms with E-state index in [1.165, 1.54) is 11.8 Å². The third kappa shape index (κ3) is 4.72. The van der Waals surface area contributed by atoms with Gasteiger partial charge in [0.1, 0.15) is 6.07 Å². The first kappa shape index (κ1) is 18.8. The molecule has 0 aliphatic heterocycles. The van der Waals surface area contributed by atoms with Crippen molar-refractivity contribution in [2.24, 2.45) is 0 Å². The number of carbonyl (C=O) groups is 2. The Labute approximate surface area is 155 Å². The van der Waals surface area contributed by atoms with Crippen LogP contribution in [0.15, 0.2) is 42.5 Å². The summed E-state index contributed by atoms with van der Waals surface area (Å²) in [6.07, 6.45) is 0.0287. The molecule has 0 aliphatic carbocycles. The van der Waals surface area contributed by atoms with Gasteiger partial charge in [-0.25, -0.2) is 0 Å². The number of nitrogens with zero attached hydrogens (tertiary/aromatic N) is 2. The van der Waals surface area contributed by atoms with Crippen LogP contribution < -0.4 is 10.2 Å². The second-order valence-corrected chi connectivity index (χ2v) is 6.01. The highest BCUT2D eigenvalue weighted by Gasteiger charge is 2.19. The van der Waals surface area contributed by atoms with E-state index in [0.29, 0.717) is 27.0 Å². The molecule has 1 N–H and O–H groups in total. The van der Waals surface area contributed by atoms with E-state index >= 15 is 0 Å². The smallest absolute Gasteiger partial charge is 0.226 e. The van der Waals surface area contributed by atoms with Gasteiger partial charge in [0.25, 0.3) is 0 Å². The third-order valence-electron chi connectivity index (χ3n) is 3.47. The minimum absolute atomic E-state index is 0.0287. The van der Waals surface area contributed by atoms with E-state index in [9.17, 15) is 9.59 Å². The second kappa shape index (κ2) is 8.52. The van der Waals surface area contributed by atoms with Crippen LogP contribution >= 0.6 is 23.2 Å². The van der Waals surface area contributed by atoms with Crippen LogP contribution in [0.5, 0.6) is 0 Å². The molecule has 2 amide bonds. The van der Waals surface area contributed by atoms with E-state index < -0.39 is 0 Å². The van der Waals surface area contributed by atoms with Gasteiger partial charge in [-0.15, -0.1) is 0 Å². The van der Waals surface area contributed by atoms with Crippen LogP contribution in [-0.4, -0.2) is 18.4 Å². The standard InChI is InChI=1S/C18H15Cl2N3O2/c1-12(24)23(18-14(19)6-4-7-15(18)20)10-9-17(25)22-16-8-3-2-5-13(16)11-21/h2-8H,9-10H2,1H3,(H,22,25). The molecule has 7 heteroatoms. The molecular formula is C18H15Cl2N3O2. The molecule has 5 nitrogen and oxygen atoms in total. The number of hydrogen-bond donors (Lipinski definition) is 1. The van der Waals surface area contributed by atoms with Gasteiger partial charge in [-0.3, -0.25) is 9.59 Å². The minimum atomic E-state index is -0.322. The quantitative estimate of drug-likeness (QED) is 0.848.